The van der Waals surface area contributed by atoms with Crippen molar-refractivity contribution < 1.29 is 4.79 Å². The van der Waals surface area contributed by atoms with E-state index in [9.17, 15) is 4.79 Å². The summed E-state index contributed by atoms with van der Waals surface area (Å²) in [5.74, 6) is -0.390. The van der Waals surface area contributed by atoms with Crippen LogP contribution in [0.5, 0.6) is 0 Å². The Morgan fingerprint density at radius 3 is 2.40 bits per heavy atom. The molecule has 0 radical (unpaired) electrons. The van der Waals surface area contributed by atoms with Gasteiger partial charge in [-0.05, 0) is 5.56 Å². The Kier molecular flexibility index (Phi) is 2.93. The summed E-state index contributed by atoms with van der Waals surface area (Å²) in [4.78, 5) is 11.9. The Labute approximate surface area is 107 Å². The van der Waals surface area contributed by atoms with Gasteiger partial charge in [-0.25, -0.2) is 0 Å². The molecule has 0 heterocycles. The fourth-order valence-electron chi connectivity index (χ4n) is 1.59. The number of carbonyl (C=O) groups is 1. The predicted octanol–water partition coefficient (Wildman–Crippen LogP) is 3.94. The fraction of sp³-hybridized carbons (Fsp3) is 0.300. The van der Waals surface area contributed by atoms with Crippen LogP contribution in [0, 0.1) is 0 Å². The highest BCUT2D eigenvalue weighted by molar-refractivity contribution is 6.64. The molecular formula is C10H6Cl4O. The van der Waals surface area contributed by atoms with Gasteiger partial charge in [0.05, 0.1) is 10.8 Å². The molecule has 0 bridgehead atoms. The second-order valence-corrected chi connectivity index (χ2v) is 5.67. The van der Waals surface area contributed by atoms with Gasteiger partial charge >= 0.3 is 0 Å². The zero-order chi connectivity index (χ0) is 11.2. The van der Waals surface area contributed by atoms with Gasteiger partial charge in [0.2, 0.25) is 5.78 Å². The van der Waals surface area contributed by atoms with Crippen LogP contribution in [0.25, 0.3) is 0 Å². The van der Waals surface area contributed by atoms with Crippen LogP contribution in [0.3, 0.4) is 0 Å². The average Bonchev–Trinajstić information content (AvgIpc) is 2.24. The molecule has 2 rings (SSSR count). The lowest BCUT2D eigenvalue weighted by atomic mass is 9.89. The minimum absolute atomic E-state index is 0.390. The first kappa shape index (κ1) is 11.5. The molecule has 5 heteroatoms. The van der Waals surface area contributed by atoms with Crippen LogP contribution >= 0.6 is 46.4 Å². The van der Waals surface area contributed by atoms with Crippen molar-refractivity contribution >= 4 is 52.2 Å². The number of rotatable bonds is 0. The molecule has 0 fully saturated rings. The van der Waals surface area contributed by atoms with Gasteiger partial charge in [0, 0.05) is 5.56 Å². The minimum atomic E-state index is -1.65. The van der Waals surface area contributed by atoms with Crippen LogP contribution in [0.4, 0.5) is 0 Å². The first-order valence-corrected chi connectivity index (χ1v) is 5.89. The fourth-order valence-corrected chi connectivity index (χ4v) is 2.79. The summed E-state index contributed by atoms with van der Waals surface area (Å²) < 4.78 is -1.65. The lowest BCUT2D eigenvalue weighted by Crippen LogP contribution is -2.43. The highest BCUT2D eigenvalue weighted by Gasteiger charge is 2.50. The van der Waals surface area contributed by atoms with Crippen LogP contribution in [-0.4, -0.2) is 15.5 Å². The van der Waals surface area contributed by atoms with E-state index >= 15 is 0 Å². The van der Waals surface area contributed by atoms with Crippen molar-refractivity contribution in [1.82, 2.24) is 0 Å². The third-order valence-electron chi connectivity index (χ3n) is 2.41. The van der Waals surface area contributed by atoms with Crippen molar-refractivity contribution in [3.8, 4) is 0 Å². The van der Waals surface area contributed by atoms with E-state index in [1.165, 1.54) is 0 Å². The van der Waals surface area contributed by atoms with E-state index in [1.807, 2.05) is 0 Å². The van der Waals surface area contributed by atoms with Crippen molar-refractivity contribution in [2.45, 2.75) is 15.1 Å². The Morgan fingerprint density at radius 2 is 1.73 bits per heavy atom. The van der Waals surface area contributed by atoms with E-state index in [-0.39, 0.29) is 0 Å². The molecule has 0 spiro atoms. The smallest absolute Gasteiger partial charge is 0.200 e. The number of hydrogen-bond acceptors (Lipinski definition) is 1. The lowest BCUT2D eigenvalue weighted by molar-refractivity contribution is 0.0961. The van der Waals surface area contributed by atoms with Gasteiger partial charge in [-0.3, -0.25) is 4.79 Å². The Bertz CT molecular complexity index is 416. The van der Waals surface area contributed by atoms with E-state index in [2.05, 4.69) is 0 Å². The van der Waals surface area contributed by atoms with E-state index in [0.717, 1.165) is 0 Å². The number of Topliss-reactive ketones (excluding diaryl/α,β-unsaturated/α-hetero) is 1. The Balaban J connectivity index is 2.63. The van der Waals surface area contributed by atoms with E-state index in [4.69, 9.17) is 46.4 Å². The molecule has 1 aliphatic carbocycles. The molecule has 0 saturated carbocycles. The molecule has 0 aliphatic heterocycles. The van der Waals surface area contributed by atoms with Crippen LogP contribution in [-0.2, 0) is 0 Å². The van der Waals surface area contributed by atoms with Crippen molar-refractivity contribution in [2.75, 3.05) is 0 Å². The molecule has 15 heavy (non-hydrogen) atoms. The van der Waals surface area contributed by atoms with Gasteiger partial charge in [0.15, 0.2) is 4.33 Å². The van der Waals surface area contributed by atoms with Crippen LogP contribution in [0.2, 0.25) is 0 Å². The van der Waals surface area contributed by atoms with Gasteiger partial charge in [-0.15, -0.1) is 23.2 Å². The second-order valence-electron chi connectivity index (χ2n) is 3.34. The zero-order valence-corrected chi connectivity index (χ0v) is 10.4. The highest BCUT2D eigenvalue weighted by atomic mass is 35.5. The number of benzene rings is 1. The minimum Gasteiger partial charge on any atom is -0.291 e. The predicted molar refractivity (Wildman–Crippen MR) is 63.4 cm³/mol. The number of hydrogen-bond donors (Lipinski definition) is 0. The van der Waals surface area contributed by atoms with Crippen molar-refractivity contribution in [3.63, 3.8) is 0 Å². The number of fused-ring (bicyclic) bond motifs is 1. The molecule has 0 aromatic heterocycles. The second kappa shape index (κ2) is 3.81. The third-order valence-corrected chi connectivity index (χ3v) is 4.64. The maximum absolute atomic E-state index is 11.9. The van der Waals surface area contributed by atoms with E-state index < -0.39 is 20.9 Å². The van der Waals surface area contributed by atoms with Gasteiger partial charge in [0.25, 0.3) is 0 Å². The van der Waals surface area contributed by atoms with Crippen LogP contribution < -0.4 is 0 Å². The first-order valence-electron chi connectivity index (χ1n) is 4.26. The lowest BCUT2D eigenvalue weighted by Gasteiger charge is -2.33. The molecule has 1 aromatic rings. The summed E-state index contributed by atoms with van der Waals surface area (Å²) in [6, 6.07) is 6.93. The maximum atomic E-state index is 11.9. The number of alkyl halides is 4. The summed E-state index contributed by atoms with van der Waals surface area (Å²) in [6.45, 7) is 0. The summed E-state index contributed by atoms with van der Waals surface area (Å²) in [7, 11) is 0. The monoisotopic (exact) mass is 282 g/mol. The van der Waals surface area contributed by atoms with Gasteiger partial charge in [0.1, 0.15) is 0 Å². The first-order chi connectivity index (χ1) is 6.96. The molecular weight excluding hydrogens is 278 g/mol. The molecule has 2 unspecified atom stereocenters. The topological polar surface area (TPSA) is 17.1 Å². The maximum Gasteiger partial charge on any atom is 0.200 e. The summed E-state index contributed by atoms with van der Waals surface area (Å²) in [5.41, 5.74) is 1.13. The molecule has 1 aromatic carbocycles. The summed E-state index contributed by atoms with van der Waals surface area (Å²) in [5, 5.41) is -1.39. The molecule has 0 N–H and O–H groups in total. The number of ketones is 1. The molecule has 80 valence electrons. The SMILES string of the molecule is O=C1c2ccccc2C(Cl)C(Cl)C1(Cl)Cl. The summed E-state index contributed by atoms with van der Waals surface area (Å²) in [6.07, 6.45) is 0. The van der Waals surface area contributed by atoms with E-state index in [0.29, 0.717) is 11.1 Å². The Hall–Kier alpha value is 0.0500. The largest absolute Gasteiger partial charge is 0.291 e. The highest BCUT2D eigenvalue weighted by Crippen LogP contribution is 2.48. The van der Waals surface area contributed by atoms with Crippen LogP contribution in [0.1, 0.15) is 21.3 Å². The number of carbonyl (C=O) groups excluding carboxylic acids is 1. The molecule has 1 aliphatic rings. The molecule has 0 amide bonds. The van der Waals surface area contributed by atoms with Crippen molar-refractivity contribution in [3.05, 3.63) is 35.4 Å². The standard InChI is InChI=1S/C10H6Cl4O/c11-7-5-3-1-2-4-6(5)9(15)10(13,14)8(7)12/h1-4,7-8H. The number of halogens is 4. The van der Waals surface area contributed by atoms with Crippen LogP contribution in [0.15, 0.2) is 24.3 Å². The molecule has 1 nitrogen and oxygen atoms in total. The van der Waals surface area contributed by atoms with Crippen molar-refractivity contribution in [2.24, 2.45) is 0 Å². The van der Waals surface area contributed by atoms with E-state index in [1.54, 1.807) is 24.3 Å². The molecule has 2 atom stereocenters. The average molecular weight is 284 g/mol. The Morgan fingerprint density at radius 1 is 1.13 bits per heavy atom. The summed E-state index contributed by atoms with van der Waals surface area (Å²) >= 11 is 23.8. The van der Waals surface area contributed by atoms with Crippen molar-refractivity contribution in [1.29, 1.82) is 0 Å². The molecule has 0 saturated heterocycles. The van der Waals surface area contributed by atoms with Gasteiger partial charge in [-0.1, -0.05) is 47.5 Å². The quantitative estimate of drug-likeness (QED) is 0.659. The normalized spacial score (nSPS) is 28.7. The van der Waals surface area contributed by atoms with Gasteiger partial charge < -0.3 is 0 Å². The third kappa shape index (κ3) is 1.66. The zero-order valence-electron chi connectivity index (χ0n) is 7.38. The van der Waals surface area contributed by atoms with Gasteiger partial charge in [-0.2, -0.15) is 0 Å².